The van der Waals surface area contributed by atoms with Gasteiger partial charge in [0.15, 0.2) is 0 Å². The fourth-order valence-electron chi connectivity index (χ4n) is 2.29. The van der Waals surface area contributed by atoms with E-state index in [0.717, 1.165) is 0 Å². The lowest BCUT2D eigenvalue weighted by Crippen LogP contribution is -2.44. The number of aliphatic hydroxyl groups excluding tert-OH is 1. The Balaban J connectivity index is 3.12. The first-order valence-electron chi connectivity index (χ1n) is 6.64. The lowest BCUT2D eigenvalue weighted by molar-refractivity contribution is 0.0456. The van der Waals surface area contributed by atoms with Crippen LogP contribution in [0.4, 0.5) is 13.2 Å². The van der Waals surface area contributed by atoms with E-state index in [-0.39, 0.29) is 18.7 Å². The number of halogens is 3. The van der Waals surface area contributed by atoms with Crippen molar-refractivity contribution in [3.63, 3.8) is 0 Å². The Morgan fingerprint density at radius 3 is 2.45 bits per heavy atom. The third-order valence-corrected chi connectivity index (χ3v) is 3.25. The number of hydrogen-bond acceptors (Lipinski definition) is 3. The molecule has 114 valence electrons. The Morgan fingerprint density at radius 1 is 1.30 bits per heavy atom. The van der Waals surface area contributed by atoms with Gasteiger partial charge in [-0.15, -0.1) is 0 Å². The van der Waals surface area contributed by atoms with Gasteiger partial charge in [0.2, 0.25) is 0 Å². The molecule has 0 aliphatic heterocycles. The first-order chi connectivity index (χ1) is 9.51. The lowest BCUT2D eigenvalue weighted by Gasteiger charge is -2.35. The van der Waals surface area contributed by atoms with Crippen LogP contribution in [0.3, 0.4) is 0 Å². The van der Waals surface area contributed by atoms with Crippen molar-refractivity contribution < 1.29 is 18.3 Å². The standard InChI is InChI=1S/C14H21F3N2O/c1-2-12(18)14(10-5-3-4-6-11(10)15)19(7-8-20)9-13(16)17/h3-6,12-14,20H,2,7-9,18H2,1H3. The van der Waals surface area contributed by atoms with E-state index in [1.165, 1.54) is 17.0 Å². The highest BCUT2D eigenvalue weighted by atomic mass is 19.3. The van der Waals surface area contributed by atoms with E-state index in [1.54, 1.807) is 12.1 Å². The zero-order chi connectivity index (χ0) is 15.1. The number of alkyl halides is 2. The molecule has 1 rings (SSSR count). The molecule has 1 aromatic carbocycles. The fraction of sp³-hybridized carbons (Fsp3) is 0.571. The zero-order valence-electron chi connectivity index (χ0n) is 11.5. The highest BCUT2D eigenvalue weighted by molar-refractivity contribution is 5.23. The molecule has 0 spiro atoms. The number of nitrogens with zero attached hydrogens (tertiary/aromatic N) is 1. The molecule has 0 heterocycles. The van der Waals surface area contributed by atoms with Crippen molar-refractivity contribution in [1.82, 2.24) is 4.90 Å². The molecule has 3 N–H and O–H groups in total. The van der Waals surface area contributed by atoms with Gasteiger partial charge < -0.3 is 10.8 Å². The summed E-state index contributed by atoms with van der Waals surface area (Å²) < 4.78 is 39.3. The first-order valence-corrected chi connectivity index (χ1v) is 6.64. The molecule has 0 aromatic heterocycles. The van der Waals surface area contributed by atoms with E-state index in [2.05, 4.69) is 0 Å². The molecule has 2 unspecified atom stereocenters. The minimum atomic E-state index is -2.57. The molecule has 2 atom stereocenters. The minimum absolute atomic E-state index is 0.0248. The highest BCUT2D eigenvalue weighted by Crippen LogP contribution is 2.27. The quantitative estimate of drug-likeness (QED) is 0.771. The maximum atomic E-state index is 13.9. The topological polar surface area (TPSA) is 49.5 Å². The van der Waals surface area contributed by atoms with Gasteiger partial charge in [-0.3, -0.25) is 4.90 Å². The summed E-state index contributed by atoms with van der Waals surface area (Å²) in [5.74, 6) is -0.474. The van der Waals surface area contributed by atoms with Crippen molar-refractivity contribution in [2.45, 2.75) is 31.9 Å². The van der Waals surface area contributed by atoms with Gasteiger partial charge in [-0.25, -0.2) is 13.2 Å². The van der Waals surface area contributed by atoms with Crippen molar-refractivity contribution in [1.29, 1.82) is 0 Å². The van der Waals surface area contributed by atoms with Crippen LogP contribution in [0.1, 0.15) is 24.9 Å². The predicted octanol–water partition coefficient (Wildman–Crippen LogP) is 2.16. The molecular formula is C14H21F3N2O. The Hall–Kier alpha value is -1.11. The normalized spacial score (nSPS) is 14.8. The Morgan fingerprint density at radius 2 is 1.95 bits per heavy atom. The van der Waals surface area contributed by atoms with Crippen molar-refractivity contribution in [2.24, 2.45) is 5.73 Å². The lowest BCUT2D eigenvalue weighted by atomic mass is 9.95. The molecule has 0 saturated carbocycles. The van der Waals surface area contributed by atoms with E-state index >= 15 is 0 Å². The van der Waals surface area contributed by atoms with Gasteiger partial charge in [-0.1, -0.05) is 25.1 Å². The number of aliphatic hydroxyl groups is 1. The SMILES string of the molecule is CCC(N)C(c1ccccc1F)N(CCO)CC(F)F. The molecule has 3 nitrogen and oxygen atoms in total. The third kappa shape index (κ3) is 4.47. The van der Waals surface area contributed by atoms with Crippen LogP contribution in [0, 0.1) is 5.82 Å². The average molecular weight is 290 g/mol. The van der Waals surface area contributed by atoms with E-state index in [4.69, 9.17) is 10.8 Å². The Bertz CT molecular complexity index is 404. The van der Waals surface area contributed by atoms with Crippen LogP contribution in [0.5, 0.6) is 0 Å². The van der Waals surface area contributed by atoms with Gasteiger partial charge >= 0.3 is 0 Å². The maximum absolute atomic E-state index is 13.9. The van der Waals surface area contributed by atoms with Crippen LogP contribution >= 0.6 is 0 Å². The predicted molar refractivity (Wildman–Crippen MR) is 72.1 cm³/mol. The summed E-state index contributed by atoms with van der Waals surface area (Å²) in [5, 5.41) is 9.05. The van der Waals surface area contributed by atoms with E-state index < -0.39 is 30.9 Å². The first kappa shape index (κ1) is 16.9. The highest BCUT2D eigenvalue weighted by Gasteiger charge is 2.29. The molecule has 0 aliphatic carbocycles. The van der Waals surface area contributed by atoms with Gasteiger partial charge in [0.25, 0.3) is 6.43 Å². The second-order valence-corrected chi connectivity index (χ2v) is 4.65. The summed E-state index contributed by atoms with van der Waals surface area (Å²) >= 11 is 0. The van der Waals surface area contributed by atoms with Gasteiger partial charge in [0, 0.05) is 18.2 Å². The molecule has 6 heteroatoms. The van der Waals surface area contributed by atoms with Crippen LogP contribution in [0.15, 0.2) is 24.3 Å². The molecule has 0 saturated heterocycles. The molecule has 0 amide bonds. The monoisotopic (exact) mass is 290 g/mol. The summed E-state index contributed by atoms with van der Waals surface area (Å²) in [5.41, 5.74) is 6.28. The zero-order valence-corrected chi connectivity index (χ0v) is 11.5. The second-order valence-electron chi connectivity index (χ2n) is 4.65. The van der Waals surface area contributed by atoms with Gasteiger partial charge in [-0.2, -0.15) is 0 Å². The molecule has 0 bridgehead atoms. The van der Waals surface area contributed by atoms with Crippen LogP contribution in [0.2, 0.25) is 0 Å². The van der Waals surface area contributed by atoms with E-state index in [9.17, 15) is 13.2 Å². The van der Waals surface area contributed by atoms with Crippen LogP contribution in [-0.4, -0.2) is 42.2 Å². The maximum Gasteiger partial charge on any atom is 0.251 e. The van der Waals surface area contributed by atoms with Gasteiger partial charge in [-0.05, 0) is 12.5 Å². The second kappa shape index (κ2) is 8.24. The summed E-state index contributed by atoms with van der Waals surface area (Å²) in [6.07, 6.45) is -2.05. The summed E-state index contributed by atoms with van der Waals surface area (Å²) in [6.45, 7) is 1.01. The molecule has 0 radical (unpaired) electrons. The molecule has 1 aromatic rings. The number of benzene rings is 1. The summed E-state index contributed by atoms with van der Waals surface area (Å²) in [7, 11) is 0. The molecular weight excluding hydrogens is 269 g/mol. The number of rotatable bonds is 8. The van der Waals surface area contributed by atoms with E-state index in [0.29, 0.717) is 6.42 Å². The van der Waals surface area contributed by atoms with Crippen LogP contribution in [0.25, 0.3) is 0 Å². The van der Waals surface area contributed by atoms with Crippen molar-refractivity contribution in [2.75, 3.05) is 19.7 Å². The Kier molecular flexibility index (Phi) is 6.98. The van der Waals surface area contributed by atoms with Crippen molar-refractivity contribution in [3.05, 3.63) is 35.6 Å². The largest absolute Gasteiger partial charge is 0.395 e. The minimum Gasteiger partial charge on any atom is -0.395 e. The number of hydrogen-bond donors (Lipinski definition) is 2. The third-order valence-electron chi connectivity index (χ3n) is 3.25. The van der Waals surface area contributed by atoms with Crippen LogP contribution < -0.4 is 5.73 Å². The van der Waals surface area contributed by atoms with Crippen molar-refractivity contribution >= 4 is 0 Å². The Labute approximate surface area is 117 Å². The van der Waals surface area contributed by atoms with Gasteiger partial charge in [0.05, 0.1) is 19.2 Å². The summed E-state index contributed by atoms with van der Waals surface area (Å²) in [6, 6.07) is 4.85. The van der Waals surface area contributed by atoms with Gasteiger partial charge in [0.1, 0.15) is 5.82 Å². The average Bonchev–Trinajstić information content (AvgIpc) is 2.40. The van der Waals surface area contributed by atoms with Crippen molar-refractivity contribution in [3.8, 4) is 0 Å². The molecule has 20 heavy (non-hydrogen) atoms. The summed E-state index contributed by atoms with van der Waals surface area (Å²) in [4.78, 5) is 1.34. The number of nitrogens with two attached hydrogens (primary N) is 1. The smallest absolute Gasteiger partial charge is 0.251 e. The fourth-order valence-corrected chi connectivity index (χ4v) is 2.29. The molecule has 0 aliphatic rings. The van der Waals surface area contributed by atoms with Crippen LogP contribution in [-0.2, 0) is 0 Å². The van der Waals surface area contributed by atoms with E-state index in [1.807, 2.05) is 6.92 Å². The molecule has 0 fully saturated rings.